The van der Waals surface area contributed by atoms with Gasteiger partial charge in [-0.2, -0.15) is 0 Å². The Bertz CT molecular complexity index is 155. The second-order valence-corrected chi connectivity index (χ2v) is 2.44. The van der Waals surface area contributed by atoms with Crippen molar-refractivity contribution >= 4 is 24.6 Å². The maximum atomic E-state index is 10.2. The predicted molar refractivity (Wildman–Crippen MR) is 36.0 cm³/mol. The number of nitrogens with two attached hydrogens (primary N) is 1. The Morgan fingerprint density at radius 2 is 1.70 bits per heavy atom. The van der Waals surface area contributed by atoms with Crippen molar-refractivity contribution in [1.29, 1.82) is 0 Å². The molecule has 0 atom stereocenters. The lowest BCUT2D eigenvalue weighted by molar-refractivity contribution is -0.151. The summed E-state index contributed by atoms with van der Waals surface area (Å²) < 4.78 is -2.15. The van der Waals surface area contributed by atoms with Crippen LogP contribution >= 0.6 is 12.6 Å². The van der Waals surface area contributed by atoms with Crippen molar-refractivity contribution in [2.75, 3.05) is 6.54 Å². The van der Waals surface area contributed by atoms with Gasteiger partial charge in [-0.25, -0.2) is 0 Å². The van der Waals surface area contributed by atoms with Gasteiger partial charge in [0.15, 0.2) is 0 Å². The van der Waals surface area contributed by atoms with Crippen LogP contribution in [0.5, 0.6) is 0 Å². The van der Waals surface area contributed by atoms with Crippen LogP contribution in [0, 0.1) is 0 Å². The highest BCUT2D eigenvalue weighted by molar-refractivity contribution is 7.83. The van der Waals surface area contributed by atoms with Crippen molar-refractivity contribution in [2.24, 2.45) is 5.73 Å². The van der Waals surface area contributed by atoms with E-state index in [9.17, 15) is 9.59 Å². The van der Waals surface area contributed by atoms with Gasteiger partial charge in [-0.15, -0.1) is 12.6 Å². The Balaban J connectivity index is 4.55. The van der Waals surface area contributed by atoms with Crippen molar-refractivity contribution in [3.63, 3.8) is 0 Å². The molecule has 0 aliphatic rings. The first-order chi connectivity index (χ1) is 4.45. The number of hydrogen-bond donors (Lipinski definition) is 4. The van der Waals surface area contributed by atoms with Crippen LogP contribution in [-0.2, 0) is 9.59 Å². The van der Waals surface area contributed by atoms with E-state index in [2.05, 4.69) is 12.6 Å². The molecule has 0 aliphatic heterocycles. The first-order valence-corrected chi connectivity index (χ1v) is 2.79. The standard InChI is InChI=1S/C4H7NO4S/c5-1-4(10,2(6)7)3(8)9/h10H,1,5H2,(H,6,7)(H,8,9). The van der Waals surface area contributed by atoms with Crippen LogP contribution in [0.25, 0.3) is 0 Å². The highest BCUT2D eigenvalue weighted by atomic mass is 32.1. The van der Waals surface area contributed by atoms with Gasteiger partial charge >= 0.3 is 11.9 Å². The number of hydrogen-bond acceptors (Lipinski definition) is 4. The minimum Gasteiger partial charge on any atom is -0.480 e. The Morgan fingerprint density at radius 3 is 1.70 bits per heavy atom. The summed E-state index contributed by atoms with van der Waals surface area (Å²) in [5, 5.41) is 16.5. The monoisotopic (exact) mass is 165 g/mol. The maximum Gasteiger partial charge on any atom is 0.332 e. The van der Waals surface area contributed by atoms with Gasteiger partial charge in [0.25, 0.3) is 0 Å². The molecule has 0 rings (SSSR count). The molecule has 10 heavy (non-hydrogen) atoms. The molecular formula is C4H7NO4S. The molecule has 0 fully saturated rings. The highest BCUT2D eigenvalue weighted by Gasteiger charge is 2.41. The summed E-state index contributed by atoms with van der Waals surface area (Å²) in [4.78, 5) is 20.3. The molecule has 0 radical (unpaired) electrons. The van der Waals surface area contributed by atoms with Crippen molar-refractivity contribution in [3.8, 4) is 0 Å². The normalized spacial score (nSPS) is 11.0. The zero-order valence-electron chi connectivity index (χ0n) is 4.94. The molecule has 0 amide bonds. The van der Waals surface area contributed by atoms with E-state index in [0.29, 0.717) is 0 Å². The number of carboxylic acids is 2. The third-order valence-corrected chi connectivity index (χ3v) is 1.57. The SMILES string of the molecule is NCC(S)(C(=O)O)C(=O)O. The number of carbonyl (C=O) groups is 2. The van der Waals surface area contributed by atoms with Gasteiger partial charge in [0.05, 0.1) is 0 Å². The van der Waals surface area contributed by atoms with E-state index in [1.165, 1.54) is 0 Å². The summed E-state index contributed by atoms with van der Waals surface area (Å²) >= 11 is 3.38. The molecule has 0 heterocycles. The molecule has 4 N–H and O–H groups in total. The lowest BCUT2D eigenvalue weighted by Gasteiger charge is -2.14. The van der Waals surface area contributed by atoms with Crippen LogP contribution in [0.4, 0.5) is 0 Å². The molecule has 0 saturated heterocycles. The second kappa shape index (κ2) is 2.89. The summed E-state index contributed by atoms with van der Waals surface area (Å²) in [6.45, 7) is -0.541. The molecule has 0 unspecified atom stereocenters. The Kier molecular flexibility index (Phi) is 2.67. The third kappa shape index (κ3) is 1.39. The van der Waals surface area contributed by atoms with Gasteiger partial charge in [0.2, 0.25) is 4.75 Å². The average molecular weight is 165 g/mol. The van der Waals surface area contributed by atoms with E-state index in [0.717, 1.165) is 0 Å². The van der Waals surface area contributed by atoms with E-state index >= 15 is 0 Å². The smallest absolute Gasteiger partial charge is 0.332 e. The minimum absolute atomic E-state index is 0.541. The van der Waals surface area contributed by atoms with Gasteiger partial charge in [0.1, 0.15) is 0 Å². The van der Waals surface area contributed by atoms with Gasteiger partial charge in [-0.1, -0.05) is 0 Å². The summed E-state index contributed by atoms with van der Waals surface area (Å²) in [6, 6.07) is 0. The van der Waals surface area contributed by atoms with Crippen LogP contribution in [-0.4, -0.2) is 33.4 Å². The molecule has 5 nitrogen and oxygen atoms in total. The lowest BCUT2D eigenvalue weighted by Crippen LogP contribution is -2.47. The molecule has 0 aromatic rings. The van der Waals surface area contributed by atoms with Gasteiger partial charge in [0, 0.05) is 6.54 Å². The van der Waals surface area contributed by atoms with E-state index in [-0.39, 0.29) is 0 Å². The van der Waals surface area contributed by atoms with Gasteiger partial charge in [-0.3, -0.25) is 9.59 Å². The summed E-state index contributed by atoms with van der Waals surface area (Å²) in [5.74, 6) is -3.10. The summed E-state index contributed by atoms with van der Waals surface area (Å²) in [7, 11) is 0. The summed E-state index contributed by atoms with van der Waals surface area (Å²) in [5.41, 5.74) is 4.87. The van der Waals surface area contributed by atoms with Crippen molar-refractivity contribution in [1.82, 2.24) is 0 Å². The van der Waals surface area contributed by atoms with Gasteiger partial charge < -0.3 is 15.9 Å². The zero-order valence-corrected chi connectivity index (χ0v) is 5.84. The van der Waals surface area contributed by atoms with Crippen LogP contribution in [0.3, 0.4) is 0 Å². The van der Waals surface area contributed by atoms with Crippen molar-refractivity contribution in [3.05, 3.63) is 0 Å². The molecule has 6 heteroatoms. The predicted octanol–water partition coefficient (Wildman–Crippen LogP) is -1.22. The number of aliphatic carboxylic acids is 2. The number of carboxylic acid groups (broad SMARTS) is 2. The Labute approximate surface area is 62.2 Å². The second-order valence-electron chi connectivity index (χ2n) is 1.67. The van der Waals surface area contributed by atoms with Crippen LogP contribution in [0.15, 0.2) is 0 Å². The lowest BCUT2D eigenvalue weighted by atomic mass is 10.1. The van der Waals surface area contributed by atoms with Gasteiger partial charge in [-0.05, 0) is 0 Å². The molecule has 0 saturated carbocycles. The van der Waals surface area contributed by atoms with E-state index in [1.807, 2.05) is 0 Å². The molecule has 58 valence electrons. The topological polar surface area (TPSA) is 101 Å². The van der Waals surface area contributed by atoms with Crippen LogP contribution in [0.1, 0.15) is 0 Å². The molecule has 0 bridgehead atoms. The van der Waals surface area contributed by atoms with E-state index in [4.69, 9.17) is 15.9 Å². The van der Waals surface area contributed by atoms with Crippen molar-refractivity contribution in [2.45, 2.75) is 4.75 Å². The molecule has 0 spiro atoms. The fourth-order valence-electron chi connectivity index (χ4n) is 0.266. The summed E-state index contributed by atoms with van der Waals surface area (Å²) in [6.07, 6.45) is 0. The molecule has 0 aromatic heterocycles. The van der Waals surface area contributed by atoms with Crippen LogP contribution < -0.4 is 5.73 Å². The fourth-order valence-corrected chi connectivity index (χ4v) is 0.266. The number of thiol groups is 1. The first kappa shape index (κ1) is 9.25. The molecule has 0 aliphatic carbocycles. The van der Waals surface area contributed by atoms with Crippen LogP contribution in [0.2, 0.25) is 0 Å². The molecule has 0 aromatic carbocycles. The maximum absolute atomic E-state index is 10.2. The zero-order chi connectivity index (χ0) is 8.36. The minimum atomic E-state index is -2.15. The largest absolute Gasteiger partial charge is 0.480 e. The Morgan fingerprint density at radius 1 is 1.40 bits per heavy atom. The molecular weight excluding hydrogens is 158 g/mol. The number of rotatable bonds is 3. The third-order valence-electron chi connectivity index (χ3n) is 1.00. The average Bonchev–Trinajstić information content (AvgIpc) is 1.85. The first-order valence-electron chi connectivity index (χ1n) is 2.34. The van der Waals surface area contributed by atoms with E-state index in [1.54, 1.807) is 0 Å². The quantitative estimate of drug-likeness (QED) is 0.310. The highest BCUT2D eigenvalue weighted by Crippen LogP contribution is 2.12. The fraction of sp³-hybridized carbons (Fsp3) is 0.500. The van der Waals surface area contributed by atoms with E-state index < -0.39 is 23.2 Å². The van der Waals surface area contributed by atoms with Crippen molar-refractivity contribution < 1.29 is 19.8 Å². The Hall–Kier alpha value is -0.750.